The normalized spacial score (nSPS) is 29.0. The second-order valence-corrected chi connectivity index (χ2v) is 7.71. The SMILES string of the molecule is C[C@@H]1[C@@H](C)CCC[C@H]1NC(=O)[C@H](C)Nc1ccc2c(c1)NC(=O)[C@H](C)O2. The van der Waals surface area contributed by atoms with Crippen LogP contribution in [0.1, 0.15) is 47.0 Å². The molecule has 3 rings (SSSR count). The van der Waals surface area contributed by atoms with Gasteiger partial charge in [0.15, 0.2) is 6.10 Å². The molecule has 3 N–H and O–H groups in total. The highest BCUT2D eigenvalue weighted by molar-refractivity contribution is 5.98. The molecule has 1 aromatic carbocycles. The number of carbonyl (C=O) groups excluding carboxylic acids is 2. The lowest BCUT2D eigenvalue weighted by Crippen LogP contribution is -2.48. The monoisotopic (exact) mass is 359 g/mol. The zero-order valence-electron chi connectivity index (χ0n) is 16.0. The summed E-state index contributed by atoms with van der Waals surface area (Å²) in [4.78, 5) is 24.3. The molecule has 0 spiro atoms. The molecule has 1 saturated carbocycles. The Hall–Kier alpha value is -2.24. The van der Waals surface area contributed by atoms with Crippen molar-refractivity contribution in [3.8, 4) is 5.75 Å². The van der Waals surface area contributed by atoms with Crippen molar-refractivity contribution in [3.05, 3.63) is 18.2 Å². The lowest BCUT2D eigenvalue weighted by molar-refractivity contribution is -0.123. The molecule has 2 aliphatic rings. The van der Waals surface area contributed by atoms with Crippen LogP contribution in [0.4, 0.5) is 11.4 Å². The summed E-state index contributed by atoms with van der Waals surface area (Å²) in [7, 11) is 0. The first kappa shape index (κ1) is 18.5. The van der Waals surface area contributed by atoms with E-state index < -0.39 is 6.10 Å². The van der Waals surface area contributed by atoms with Crippen LogP contribution in [0.5, 0.6) is 5.75 Å². The van der Waals surface area contributed by atoms with Crippen LogP contribution in [0.25, 0.3) is 0 Å². The van der Waals surface area contributed by atoms with E-state index in [0.717, 1.165) is 12.1 Å². The Bertz CT molecular complexity index is 691. The topological polar surface area (TPSA) is 79.5 Å². The molecule has 1 aliphatic carbocycles. The van der Waals surface area contributed by atoms with Gasteiger partial charge in [-0.05, 0) is 50.3 Å². The number of fused-ring (bicyclic) bond motifs is 1. The van der Waals surface area contributed by atoms with Gasteiger partial charge in [-0.3, -0.25) is 9.59 Å². The van der Waals surface area contributed by atoms with Gasteiger partial charge in [0.05, 0.1) is 5.69 Å². The molecule has 1 aromatic rings. The van der Waals surface area contributed by atoms with Gasteiger partial charge in [-0.15, -0.1) is 0 Å². The lowest BCUT2D eigenvalue weighted by Gasteiger charge is -2.35. The number of amides is 2. The number of benzene rings is 1. The number of rotatable bonds is 4. The molecule has 26 heavy (non-hydrogen) atoms. The molecule has 0 radical (unpaired) electrons. The molecule has 6 nitrogen and oxygen atoms in total. The highest BCUT2D eigenvalue weighted by Crippen LogP contribution is 2.32. The van der Waals surface area contributed by atoms with Crippen LogP contribution in [0.15, 0.2) is 18.2 Å². The van der Waals surface area contributed by atoms with E-state index >= 15 is 0 Å². The van der Waals surface area contributed by atoms with Gasteiger partial charge in [-0.25, -0.2) is 0 Å². The Kier molecular flexibility index (Phi) is 5.39. The Labute approximate surface area is 155 Å². The second kappa shape index (κ2) is 7.56. The van der Waals surface area contributed by atoms with Gasteiger partial charge in [-0.2, -0.15) is 0 Å². The van der Waals surface area contributed by atoms with Crippen molar-refractivity contribution in [2.24, 2.45) is 11.8 Å². The van der Waals surface area contributed by atoms with Gasteiger partial charge in [-0.1, -0.05) is 26.7 Å². The molecule has 2 amide bonds. The minimum Gasteiger partial charge on any atom is -0.479 e. The first-order chi connectivity index (χ1) is 12.3. The van der Waals surface area contributed by atoms with Crippen LogP contribution in [0.3, 0.4) is 0 Å². The third-order valence-corrected chi connectivity index (χ3v) is 5.72. The Morgan fingerprint density at radius 3 is 2.81 bits per heavy atom. The van der Waals surface area contributed by atoms with Gasteiger partial charge in [0, 0.05) is 11.7 Å². The van der Waals surface area contributed by atoms with Crippen molar-refractivity contribution >= 4 is 23.2 Å². The molecule has 0 saturated heterocycles. The molecule has 1 aliphatic heterocycles. The number of ether oxygens (including phenoxy) is 1. The zero-order chi connectivity index (χ0) is 18.8. The fourth-order valence-corrected chi connectivity index (χ4v) is 3.71. The van der Waals surface area contributed by atoms with E-state index in [2.05, 4.69) is 29.8 Å². The van der Waals surface area contributed by atoms with Crippen LogP contribution in [0.2, 0.25) is 0 Å². The number of anilines is 2. The van der Waals surface area contributed by atoms with Crippen molar-refractivity contribution in [1.82, 2.24) is 5.32 Å². The maximum atomic E-state index is 12.6. The second-order valence-electron chi connectivity index (χ2n) is 7.71. The van der Waals surface area contributed by atoms with Crippen molar-refractivity contribution < 1.29 is 14.3 Å². The summed E-state index contributed by atoms with van der Waals surface area (Å²) in [6.07, 6.45) is 2.96. The summed E-state index contributed by atoms with van der Waals surface area (Å²) in [6, 6.07) is 5.35. The van der Waals surface area contributed by atoms with Gasteiger partial charge in [0.1, 0.15) is 11.8 Å². The molecule has 5 atom stereocenters. The predicted octanol–water partition coefficient (Wildman–Crippen LogP) is 3.15. The smallest absolute Gasteiger partial charge is 0.265 e. The number of carbonyl (C=O) groups is 2. The van der Waals surface area contributed by atoms with Crippen LogP contribution >= 0.6 is 0 Å². The van der Waals surface area contributed by atoms with Crippen LogP contribution < -0.4 is 20.7 Å². The quantitative estimate of drug-likeness (QED) is 0.772. The molecule has 1 fully saturated rings. The van der Waals surface area contributed by atoms with Gasteiger partial charge in [0.25, 0.3) is 5.91 Å². The number of hydrogen-bond acceptors (Lipinski definition) is 4. The third-order valence-electron chi connectivity index (χ3n) is 5.72. The van der Waals surface area contributed by atoms with Gasteiger partial charge in [0.2, 0.25) is 5.91 Å². The van der Waals surface area contributed by atoms with Crippen LogP contribution in [-0.2, 0) is 9.59 Å². The average molecular weight is 359 g/mol. The number of nitrogens with one attached hydrogen (secondary N) is 3. The summed E-state index contributed by atoms with van der Waals surface area (Å²) >= 11 is 0. The molecule has 0 bridgehead atoms. The largest absolute Gasteiger partial charge is 0.479 e. The molecule has 1 heterocycles. The van der Waals surface area contributed by atoms with E-state index in [9.17, 15) is 9.59 Å². The van der Waals surface area contributed by atoms with E-state index in [1.54, 1.807) is 13.0 Å². The van der Waals surface area contributed by atoms with Gasteiger partial charge >= 0.3 is 0 Å². The van der Waals surface area contributed by atoms with E-state index in [-0.39, 0.29) is 23.9 Å². The standard InChI is InChI=1S/C20H29N3O3/c1-11-6-5-7-16(12(11)2)22-19(24)13(3)21-15-8-9-18-17(10-15)23-20(25)14(4)26-18/h8-14,16,21H,5-7H2,1-4H3,(H,22,24)(H,23,25)/t11-,12+,13-,14-,16+/m0/s1. The highest BCUT2D eigenvalue weighted by Gasteiger charge is 2.29. The van der Waals surface area contributed by atoms with E-state index in [4.69, 9.17) is 4.74 Å². The van der Waals surface area contributed by atoms with Crippen molar-refractivity contribution in [3.63, 3.8) is 0 Å². The third kappa shape index (κ3) is 3.94. The molecule has 0 unspecified atom stereocenters. The maximum absolute atomic E-state index is 12.6. The van der Waals surface area contributed by atoms with Crippen molar-refractivity contribution in [2.75, 3.05) is 10.6 Å². The number of hydrogen-bond donors (Lipinski definition) is 3. The predicted molar refractivity (Wildman–Crippen MR) is 102 cm³/mol. The average Bonchev–Trinajstić information content (AvgIpc) is 2.60. The molecule has 142 valence electrons. The summed E-state index contributed by atoms with van der Waals surface area (Å²) in [5, 5.41) is 9.24. The van der Waals surface area contributed by atoms with E-state index in [1.807, 2.05) is 19.1 Å². The zero-order valence-corrected chi connectivity index (χ0v) is 16.0. The Balaban J connectivity index is 1.61. The fraction of sp³-hybridized carbons (Fsp3) is 0.600. The fourth-order valence-electron chi connectivity index (χ4n) is 3.71. The van der Waals surface area contributed by atoms with Gasteiger partial charge < -0.3 is 20.7 Å². The minimum absolute atomic E-state index is 0.00239. The van der Waals surface area contributed by atoms with Crippen molar-refractivity contribution in [2.45, 2.75) is 65.1 Å². The van der Waals surface area contributed by atoms with E-state index in [1.165, 1.54) is 12.8 Å². The van der Waals surface area contributed by atoms with Crippen molar-refractivity contribution in [1.29, 1.82) is 0 Å². The summed E-state index contributed by atoms with van der Waals surface area (Å²) < 4.78 is 5.55. The first-order valence-electron chi connectivity index (χ1n) is 9.53. The maximum Gasteiger partial charge on any atom is 0.265 e. The highest BCUT2D eigenvalue weighted by atomic mass is 16.5. The minimum atomic E-state index is -0.495. The van der Waals surface area contributed by atoms with E-state index in [0.29, 0.717) is 23.3 Å². The molecule has 0 aromatic heterocycles. The lowest BCUT2D eigenvalue weighted by atomic mass is 9.78. The Morgan fingerprint density at radius 1 is 1.27 bits per heavy atom. The Morgan fingerprint density at radius 2 is 2.04 bits per heavy atom. The summed E-state index contributed by atoms with van der Waals surface area (Å²) in [5.74, 6) is 1.62. The summed E-state index contributed by atoms with van der Waals surface area (Å²) in [6.45, 7) is 8.04. The molecule has 6 heteroatoms. The van der Waals surface area contributed by atoms with Crippen LogP contribution in [0, 0.1) is 11.8 Å². The first-order valence-corrected chi connectivity index (χ1v) is 9.53. The molecular weight excluding hydrogens is 330 g/mol. The van der Waals surface area contributed by atoms with Crippen LogP contribution in [-0.4, -0.2) is 30.0 Å². The molecular formula is C20H29N3O3. The summed E-state index contributed by atoms with van der Waals surface area (Å²) in [5.41, 5.74) is 1.40.